The predicted octanol–water partition coefficient (Wildman–Crippen LogP) is 4.15. The third-order valence-corrected chi connectivity index (χ3v) is 7.57. The molecule has 11 heteroatoms. The van der Waals surface area contributed by atoms with Crippen LogP contribution in [-0.2, 0) is 11.4 Å². The van der Waals surface area contributed by atoms with Crippen LogP contribution in [0.1, 0.15) is 19.0 Å². The van der Waals surface area contributed by atoms with E-state index in [1.165, 1.54) is 12.1 Å². The number of aromatic nitrogens is 4. The van der Waals surface area contributed by atoms with Gasteiger partial charge in [0.1, 0.15) is 5.75 Å². The van der Waals surface area contributed by atoms with Crippen molar-refractivity contribution in [3.05, 3.63) is 71.7 Å². The second-order valence-electron chi connectivity index (χ2n) is 8.10. The first-order valence-corrected chi connectivity index (χ1v) is 13.1. The lowest BCUT2D eigenvalue weighted by molar-refractivity contribution is 0.341. The summed E-state index contributed by atoms with van der Waals surface area (Å²) < 4.78 is 17.3. The number of hydrogen-bond acceptors (Lipinski definition) is 9. The first kappa shape index (κ1) is 23.4. The summed E-state index contributed by atoms with van der Waals surface area (Å²) in [6, 6.07) is 8.10. The Labute approximate surface area is 209 Å². The van der Waals surface area contributed by atoms with Crippen molar-refractivity contribution in [3.8, 4) is 17.1 Å². The molecule has 5 rings (SSSR count). The van der Waals surface area contributed by atoms with Gasteiger partial charge < -0.3 is 20.1 Å². The monoisotopic (exact) mass is 508 g/mol. The van der Waals surface area contributed by atoms with Gasteiger partial charge in [0.25, 0.3) is 0 Å². The molecule has 0 fully saturated rings. The van der Waals surface area contributed by atoms with E-state index in [9.17, 15) is 14.8 Å². The Bertz CT molecular complexity index is 1400. The van der Waals surface area contributed by atoms with E-state index in [-0.39, 0.29) is 11.7 Å². The number of aromatic hydroxyl groups is 1. The van der Waals surface area contributed by atoms with Crippen molar-refractivity contribution in [2.75, 3.05) is 18.4 Å². The van der Waals surface area contributed by atoms with Crippen molar-refractivity contribution >= 4 is 39.2 Å². The Morgan fingerprint density at radius 1 is 1.14 bits per heavy atom. The highest BCUT2D eigenvalue weighted by molar-refractivity contribution is 7.89. The number of anilines is 1. The van der Waals surface area contributed by atoms with Crippen LogP contribution in [-0.4, -0.2) is 47.2 Å². The molecule has 0 saturated heterocycles. The van der Waals surface area contributed by atoms with E-state index >= 15 is 0 Å². The van der Waals surface area contributed by atoms with Gasteiger partial charge in [0.05, 0.1) is 40.7 Å². The molecule has 0 amide bonds. The van der Waals surface area contributed by atoms with E-state index in [0.717, 1.165) is 27.6 Å². The number of aliphatic hydroxyl groups is 1. The van der Waals surface area contributed by atoms with E-state index in [1.807, 2.05) is 35.0 Å². The van der Waals surface area contributed by atoms with Gasteiger partial charge in [-0.15, -0.1) is 16.1 Å². The van der Waals surface area contributed by atoms with Crippen LogP contribution in [0.15, 0.2) is 70.9 Å². The lowest BCUT2D eigenvalue weighted by Gasteiger charge is -2.17. The highest BCUT2D eigenvalue weighted by Crippen LogP contribution is 2.36. The van der Waals surface area contributed by atoms with Crippen molar-refractivity contribution in [1.82, 2.24) is 24.1 Å². The fraction of sp³-hybridized carbons (Fsp3) is 0.208. The number of phenols is 1. The van der Waals surface area contributed by atoms with Crippen LogP contribution in [0.2, 0.25) is 0 Å². The number of phenolic OH excluding ortho intramolecular Hbond substituents is 1. The molecule has 4 aromatic rings. The van der Waals surface area contributed by atoms with E-state index < -0.39 is 11.4 Å². The minimum absolute atomic E-state index is 0.0323. The second-order valence-corrected chi connectivity index (χ2v) is 10.3. The molecule has 1 aliphatic carbocycles. The molecule has 2 atom stereocenters. The maximum atomic E-state index is 12.3. The topological polar surface area (TPSA) is 131 Å². The Balaban J connectivity index is 1.31. The van der Waals surface area contributed by atoms with Crippen LogP contribution in [0.5, 0.6) is 5.75 Å². The molecule has 1 aromatic carbocycles. The minimum atomic E-state index is -1.38. The number of allylic oxidation sites excluding steroid dienone is 4. The Morgan fingerprint density at radius 3 is 2.77 bits per heavy atom. The van der Waals surface area contributed by atoms with E-state index in [0.29, 0.717) is 36.1 Å². The van der Waals surface area contributed by atoms with Gasteiger partial charge in [0.2, 0.25) is 5.95 Å². The van der Waals surface area contributed by atoms with E-state index in [2.05, 4.69) is 15.0 Å². The van der Waals surface area contributed by atoms with Gasteiger partial charge in [0, 0.05) is 30.2 Å². The fourth-order valence-electron chi connectivity index (χ4n) is 3.83. The molecular weight excluding hydrogens is 484 g/mol. The Kier molecular flexibility index (Phi) is 6.73. The third-order valence-electron chi connectivity index (χ3n) is 5.64. The predicted molar refractivity (Wildman–Crippen MR) is 138 cm³/mol. The first-order chi connectivity index (χ1) is 17.0. The molecule has 3 heterocycles. The molecule has 0 radical (unpaired) electrons. The summed E-state index contributed by atoms with van der Waals surface area (Å²) in [6.07, 6.45) is 8.03. The summed E-state index contributed by atoms with van der Waals surface area (Å²) in [5, 5.41) is 24.5. The van der Waals surface area contributed by atoms with Crippen molar-refractivity contribution < 1.29 is 14.8 Å². The third kappa shape index (κ3) is 5.03. The first-order valence-electron chi connectivity index (χ1n) is 11.1. The summed E-state index contributed by atoms with van der Waals surface area (Å²) in [5.74, 6) is 1.00. The highest BCUT2D eigenvalue weighted by atomic mass is 32.2. The smallest absolute Gasteiger partial charge is 0.223 e. The van der Waals surface area contributed by atoms with Crippen molar-refractivity contribution in [1.29, 1.82) is 0 Å². The fourth-order valence-corrected chi connectivity index (χ4v) is 5.38. The lowest BCUT2D eigenvalue weighted by Crippen LogP contribution is -2.29. The van der Waals surface area contributed by atoms with Crippen LogP contribution in [0.25, 0.3) is 21.9 Å². The minimum Gasteiger partial charge on any atom is -0.593 e. The van der Waals surface area contributed by atoms with Crippen molar-refractivity contribution in [3.63, 3.8) is 0 Å². The zero-order chi connectivity index (χ0) is 24.4. The van der Waals surface area contributed by atoms with Crippen LogP contribution in [0.3, 0.4) is 0 Å². The summed E-state index contributed by atoms with van der Waals surface area (Å²) in [6.45, 7) is 2.88. The average molecular weight is 509 g/mol. The van der Waals surface area contributed by atoms with Crippen molar-refractivity contribution in [2.45, 2.75) is 18.2 Å². The van der Waals surface area contributed by atoms with Crippen LogP contribution < -0.4 is 10.0 Å². The number of nitrogens with zero attached hydrogens (tertiary/aromatic N) is 4. The summed E-state index contributed by atoms with van der Waals surface area (Å²) in [7, 11) is 0. The molecule has 1 unspecified atom stereocenters. The normalized spacial score (nSPS) is 16.7. The quantitative estimate of drug-likeness (QED) is 0.206. The average Bonchev–Trinajstić information content (AvgIpc) is 3.45. The van der Waals surface area contributed by atoms with Gasteiger partial charge in [-0.25, -0.2) is 15.0 Å². The Hall–Kier alpha value is -3.38. The number of fused-ring (bicyclic) bond motifs is 1. The van der Waals surface area contributed by atoms with Crippen LogP contribution in [0.4, 0.5) is 5.95 Å². The van der Waals surface area contributed by atoms with Gasteiger partial charge >= 0.3 is 0 Å². The zero-order valence-electron chi connectivity index (χ0n) is 18.9. The molecule has 35 heavy (non-hydrogen) atoms. The summed E-state index contributed by atoms with van der Waals surface area (Å²) in [5.41, 5.74) is 3.51. The SMILES string of the molecule is C[C@@H]1CC(c2nc3sccn3c2-c2ccnc(NCCN[S+]([O-])c3ccc(O)cc3)n2)=CC=C1O. The number of nitrogens with one attached hydrogen (secondary N) is 2. The molecular formula is C24H24N6O3S2. The molecule has 4 N–H and O–H groups in total. The molecule has 1 aliphatic rings. The van der Waals surface area contributed by atoms with Crippen LogP contribution in [0, 0.1) is 5.92 Å². The standard InChI is InChI=1S/C24H24N6O3S2/c1-15-14-16(2-7-20(15)32)21-22(30-12-13-34-24(30)29-21)19-8-9-25-23(28-19)26-10-11-27-35(33)18-5-3-17(31)4-6-18/h2-9,12-13,15,27,31-32H,10-11,14H2,1H3,(H,25,26,28)/t15-,35?/m1/s1. The molecule has 0 aliphatic heterocycles. The molecule has 9 nitrogen and oxygen atoms in total. The van der Waals surface area contributed by atoms with Crippen LogP contribution >= 0.6 is 11.3 Å². The van der Waals surface area contributed by atoms with Crippen molar-refractivity contribution in [2.24, 2.45) is 5.92 Å². The summed E-state index contributed by atoms with van der Waals surface area (Å²) >= 11 is 0.173. The maximum absolute atomic E-state index is 12.3. The van der Waals surface area contributed by atoms with E-state index in [4.69, 9.17) is 9.97 Å². The van der Waals surface area contributed by atoms with Gasteiger partial charge in [-0.1, -0.05) is 13.0 Å². The van der Waals surface area contributed by atoms with Gasteiger partial charge in [-0.2, -0.15) is 0 Å². The zero-order valence-corrected chi connectivity index (χ0v) is 20.5. The molecule has 3 aromatic heterocycles. The molecule has 0 spiro atoms. The summed E-state index contributed by atoms with van der Waals surface area (Å²) in [4.78, 5) is 15.4. The Morgan fingerprint density at radius 2 is 1.97 bits per heavy atom. The van der Waals surface area contributed by atoms with Gasteiger partial charge in [-0.3, -0.25) is 4.40 Å². The molecule has 180 valence electrons. The molecule has 0 bridgehead atoms. The number of thiazole rings is 1. The number of benzene rings is 1. The maximum Gasteiger partial charge on any atom is 0.223 e. The van der Waals surface area contributed by atoms with Gasteiger partial charge in [-0.05, 0) is 48.4 Å². The number of hydrogen-bond donors (Lipinski definition) is 4. The number of rotatable bonds is 8. The van der Waals surface area contributed by atoms with E-state index in [1.54, 1.807) is 35.7 Å². The second kappa shape index (κ2) is 10.1. The number of imidazole rings is 1. The van der Waals surface area contributed by atoms with Gasteiger partial charge in [0.15, 0.2) is 9.86 Å². The number of aliphatic hydroxyl groups excluding tert-OH is 1. The largest absolute Gasteiger partial charge is 0.593 e. The highest BCUT2D eigenvalue weighted by Gasteiger charge is 2.23. The molecule has 0 saturated carbocycles. The lowest BCUT2D eigenvalue weighted by atomic mass is 9.91.